The maximum atomic E-state index is 12.9. The topological polar surface area (TPSA) is 44.8 Å². The van der Waals surface area contributed by atoms with Crippen LogP contribution in [0, 0.1) is 22.2 Å². The van der Waals surface area contributed by atoms with Gasteiger partial charge >= 0.3 is 5.97 Å². The predicted octanol–water partition coefficient (Wildman–Crippen LogP) is 4.63. The van der Waals surface area contributed by atoms with E-state index in [0.29, 0.717) is 31.0 Å². The molecule has 4 rings (SSSR count). The monoisotopic (exact) mass is 362 g/mol. The number of methoxy groups -OCH3 is 1. The third-order valence-corrected chi connectivity index (χ3v) is 8.29. The van der Waals surface area contributed by atoms with Crippen molar-refractivity contribution in [1.29, 1.82) is 0 Å². The Morgan fingerprint density at radius 3 is 2.42 bits per heavy atom. The zero-order valence-corrected chi connectivity index (χ0v) is 17.1. The van der Waals surface area contributed by atoms with Crippen LogP contribution in [-0.2, 0) is 19.0 Å². The highest BCUT2D eigenvalue weighted by Gasteiger charge is 2.64. The summed E-state index contributed by atoms with van der Waals surface area (Å²) in [6.07, 6.45) is 7.59. The van der Waals surface area contributed by atoms with Gasteiger partial charge in [-0.25, -0.2) is 0 Å². The number of fused-ring (bicyclic) bond motifs is 2. The average Bonchev–Trinajstić information content (AvgIpc) is 3.05. The Labute approximate surface area is 157 Å². The van der Waals surface area contributed by atoms with Crippen molar-refractivity contribution in [2.45, 2.75) is 78.4 Å². The minimum absolute atomic E-state index is 0.185. The lowest BCUT2D eigenvalue weighted by molar-refractivity contribution is -0.244. The molecule has 1 saturated heterocycles. The van der Waals surface area contributed by atoms with Gasteiger partial charge in [0.25, 0.3) is 0 Å². The normalized spacial score (nSPS) is 40.9. The Kier molecular flexibility index (Phi) is 4.13. The standard InChI is InChI=1S/C22H34O4/c1-19(2)9-6-10-20(3)16-14-21(4,18(23)24-5)22(25-11-12-26-22)13-15(16)7-8-17(19)20/h17H,6-14H2,1-5H3/t17-,20+,21+/m0/s1. The first-order valence-corrected chi connectivity index (χ1v) is 10.3. The molecule has 0 bridgehead atoms. The molecule has 0 radical (unpaired) electrons. The molecule has 1 saturated carbocycles. The van der Waals surface area contributed by atoms with Crippen molar-refractivity contribution in [3.8, 4) is 0 Å². The van der Waals surface area contributed by atoms with Crippen LogP contribution in [0.15, 0.2) is 11.1 Å². The molecule has 4 aliphatic rings. The van der Waals surface area contributed by atoms with E-state index in [0.717, 1.165) is 12.8 Å². The first-order valence-electron chi connectivity index (χ1n) is 10.3. The molecule has 0 N–H and O–H groups in total. The summed E-state index contributed by atoms with van der Waals surface area (Å²) in [4.78, 5) is 12.9. The summed E-state index contributed by atoms with van der Waals surface area (Å²) in [6, 6.07) is 0. The van der Waals surface area contributed by atoms with E-state index in [2.05, 4.69) is 20.8 Å². The Morgan fingerprint density at radius 1 is 1.08 bits per heavy atom. The molecule has 3 aliphatic carbocycles. The van der Waals surface area contributed by atoms with Crippen LogP contribution in [0.1, 0.15) is 72.6 Å². The zero-order chi connectivity index (χ0) is 18.8. The van der Waals surface area contributed by atoms with Crippen molar-refractivity contribution < 1.29 is 19.0 Å². The molecule has 0 aromatic carbocycles. The Morgan fingerprint density at radius 2 is 1.77 bits per heavy atom. The Balaban J connectivity index is 1.80. The Bertz CT molecular complexity index is 643. The molecule has 146 valence electrons. The molecule has 2 fully saturated rings. The number of ether oxygens (including phenoxy) is 3. The minimum Gasteiger partial charge on any atom is -0.468 e. The van der Waals surface area contributed by atoms with Crippen LogP contribution in [-0.4, -0.2) is 32.1 Å². The van der Waals surface area contributed by atoms with Crippen LogP contribution < -0.4 is 0 Å². The van der Waals surface area contributed by atoms with E-state index in [1.165, 1.54) is 43.9 Å². The fraction of sp³-hybridized carbons (Fsp3) is 0.864. The molecular formula is C22H34O4. The molecule has 3 atom stereocenters. The van der Waals surface area contributed by atoms with Gasteiger partial charge in [0.05, 0.1) is 20.3 Å². The van der Waals surface area contributed by atoms with E-state index in [1.54, 1.807) is 0 Å². The lowest BCUT2D eigenvalue weighted by Crippen LogP contribution is -2.58. The summed E-state index contributed by atoms with van der Waals surface area (Å²) in [5, 5.41) is 0. The zero-order valence-electron chi connectivity index (χ0n) is 17.1. The summed E-state index contributed by atoms with van der Waals surface area (Å²) in [5.41, 5.74) is 2.78. The van der Waals surface area contributed by atoms with Crippen molar-refractivity contribution in [2.75, 3.05) is 20.3 Å². The van der Waals surface area contributed by atoms with Crippen LogP contribution in [0.4, 0.5) is 0 Å². The number of hydrogen-bond acceptors (Lipinski definition) is 4. The maximum absolute atomic E-state index is 12.9. The molecule has 1 spiro atoms. The highest BCUT2D eigenvalue weighted by molar-refractivity contribution is 5.79. The fourth-order valence-electron chi connectivity index (χ4n) is 6.88. The number of carbonyl (C=O) groups excluding carboxylic acids is 1. The van der Waals surface area contributed by atoms with Crippen LogP contribution in [0.25, 0.3) is 0 Å². The van der Waals surface area contributed by atoms with Crippen molar-refractivity contribution >= 4 is 5.97 Å². The molecule has 1 heterocycles. The van der Waals surface area contributed by atoms with Crippen molar-refractivity contribution in [2.24, 2.45) is 22.2 Å². The van der Waals surface area contributed by atoms with E-state index in [1.807, 2.05) is 6.92 Å². The second-order valence-corrected chi connectivity index (χ2v) is 10.1. The highest BCUT2D eigenvalue weighted by atomic mass is 16.7. The maximum Gasteiger partial charge on any atom is 0.317 e. The van der Waals surface area contributed by atoms with Crippen LogP contribution in [0.3, 0.4) is 0 Å². The molecular weight excluding hydrogens is 328 g/mol. The largest absolute Gasteiger partial charge is 0.468 e. The third-order valence-electron chi connectivity index (χ3n) is 8.29. The van der Waals surface area contributed by atoms with Gasteiger partial charge in [-0.05, 0) is 55.8 Å². The first kappa shape index (κ1) is 18.5. The third kappa shape index (κ3) is 2.30. The predicted molar refractivity (Wildman–Crippen MR) is 99.5 cm³/mol. The smallest absolute Gasteiger partial charge is 0.317 e. The van der Waals surface area contributed by atoms with Gasteiger partial charge in [0.15, 0.2) is 5.79 Å². The van der Waals surface area contributed by atoms with Gasteiger partial charge in [0, 0.05) is 6.42 Å². The number of esters is 1. The van der Waals surface area contributed by atoms with Crippen LogP contribution >= 0.6 is 0 Å². The second-order valence-electron chi connectivity index (χ2n) is 10.1. The molecule has 0 unspecified atom stereocenters. The number of rotatable bonds is 1. The van der Waals surface area contributed by atoms with Gasteiger partial charge in [0.1, 0.15) is 5.41 Å². The summed E-state index contributed by atoms with van der Waals surface area (Å²) in [7, 11) is 1.48. The van der Waals surface area contributed by atoms with Crippen LogP contribution in [0.5, 0.6) is 0 Å². The highest BCUT2D eigenvalue weighted by Crippen LogP contribution is 2.65. The van der Waals surface area contributed by atoms with E-state index in [4.69, 9.17) is 14.2 Å². The van der Waals surface area contributed by atoms with E-state index in [-0.39, 0.29) is 11.4 Å². The van der Waals surface area contributed by atoms with Crippen molar-refractivity contribution in [1.82, 2.24) is 0 Å². The molecule has 4 nitrogen and oxygen atoms in total. The minimum atomic E-state index is -0.841. The van der Waals surface area contributed by atoms with E-state index < -0.39 is 11.2 Å². The number of hydrogen-bond donors (Lipinski definition) is 0. The van der Waals surface area contributed by atoms with Gasteiger partial charge in [-0.15, -0.1) is 0 Å². The van der Waals surface area contributed by atoms with Gasteiger partial charge in [-0.3, -0.25) is 4.79 Å². The average molecular weight is 363 g/mol. The van der Waals surface area contributed by atoms with Crippen LogP contribution in [0.2, 0.25) is 0 Å². The van der Waals surface area contributed by atoms with Gasteiger partial charge < -0.3 is 14.2 Å². The van der Waals surface area contributed by atoms with Gasteiger partial charge in [0.2, 0.25) is 0 Å². The fourth-order valence-corrected chi connectivity index (χ4v) is 6.88. The summed E-state index contributed by atoms with van der Waals surface area (Å²) in [5.74, 6) is -0.359. The van der Waals surface area contributed by atoms with Crippen molar-refractivity contribution in [3.63, 3.8) is 0 Å². The number of allylic oxidation sites excluding steroid dienone is 1. The Hall–Kier alpha value is -0.870. The van der Waals surface area contributed by atoms with Gasteiger partial charge in [-0.1, -0.05) is 38.3 Å². The molecule has 0 aromatic heterocycles. The molecule has 0 aromatic rings. The van der Waals surface area contributed by atoms with Gasteiger partial charge in [-0.2, -0.15) is 0 Å². The number of carbonyl (C=O) groups is 1. The summed E-state index contributed by atoms with van der Waals surface area (Å²) >= 11 is 0. The quantitative estimate of drug-likeness (QED) is 0.504. The summed E-state index contributed by atoms with van der Waals surface area (Å²) < 4.78 is 17.5. The molecule has 0 amide bonds. The first-order chi connectivity index (χ1) is 12.2. The molecule has 4 heteroatoms. The van der Waals surface area contributed by atoms with E-state index >= 15 is 0 Å². The van der Waals surface area contributed by atoms with Crippen molar-refractivity contribution in [3.05, 3.63) is 11.1 Å². The van der Waals surface area contributed by atoms with E-state index in [9.17, 15) is 4.79 Å². The SMILES string of the molecule is COC(=O)[C@@]1(C)CC2=C(CC[C@H]3C(C)(C)CCC[C@]23C)CC12OCCO2. The molecule has 26 heavy (non-hydrogen) atoms. The summed E-state index contributed by atoms with van der Waals surface area (Å²) in [6.45, 7) is 10.4. The second kappa shape index (κ2) is 5.81. The molecule has 1 aliphatic heterocycles. The lowest BCUT2D eigenvalue weighted by Gasteiger charge is -2.59. The lowest BCUT2D eigenvalue weighted by atomic mass is 9.47.